The Morgan fingerprint density at radius 2 is 2.00 bits per heavy atom. The Labute approximate surface area is 100 Å². The maximum atomic E-state index is 12.7. The molecule has 1 aromatic rings. The van der Waals surface area contributed by atoms with Crippen LogP contribution in [0.4, 0.5) is 10.1 Å². The van der Waals surface area contributed by atoms with Crippen LogP contribution in [-0.2, 0) is 9.53 Å². The molecule has 0 fully saturated rings. The Morgan fingerprint density at radius 3 is 2.53 bits per heavy atom. The summed E-state index contributed by atoms with van der Waals surface area (Å²) in [5.41, 5.74) is 1.45. The van der Waals surface area contributed by atoms with E-state index in [-0.39, 0.29) is 11.8 Å². The van der Waals surface area contributed by atoms with E-state index in [1.165, 1.54) is 19.2 Å². The molecule has 0 heterocycles. The van der Waals surface area contributed by atoms with Crippen molar-refractivity contribution in [3.8, 4) is 0 Å². The van der Waals surface area contributed by atoms with Gasteiger partial charge in [0.05, 0.1) is 7.11 Å². The van der Waals surface area contributed by atoms with E-state index in [2.05, 4.69) is 4.74 Å². The van der Waals surface area contributed by atoms with Crippen LogP contribution in [0, 0.1) is 5.82 Å². The third-order valence-corrected chi connectivity index (χ3v) is 2.45. The zero-order chi connectivity index (χ0) is 12.8. The van der Waals surface area contributed by atoms with E-state index in [9.17, 15) is 9.18 Å². The van der Waals surface area contributed by atoms with Gasteiger partial charge >= 0.3 is 5.97 Å². The van der Waals surface area contributed by atoms with Gasteiger partial charge in [0.15, 0.2) is 0 Å². The van der Waals surface area contributed by atoms with Crippen molar-refractivity contribution in [1.29, 1.82) is 0 Å². The number of benzene rings is 1. The Morgan fingerprint density at radius 1 is 1.41 bits per heavy atom. The normalized spacial score (nSPS) is 11.2. The second kappa shape index (κ2) is 6.03. The number of nitrogens with zero attached hydrogens (tertiary/aromatic N) is 1. The van der Waals surface area contributed by atoms with Crippen molar-refractivity contribution in [3.63, 3.8) is 0 Å². The molecule has 0 aliphatic rings. The summed E-state index contributed by atoms with van der Waals surface area (Å²) < 4.78 is 17.3. The van der Waals surface area contributed by atoms with Crippen LogP contribution in [0.5, 0.6) is 0 Å². The summed E-state index contributed by atoms with van der Waals surface area (Å²) in [6, 6.07) is 6.19. The predicted molar refractivity (Wildman–Crippen MR) is 65.4 cm³/mol. The van der Waals surface area contributed by atoms with Crippen LogP contribution in [-0.4, -0.2) is 26.7 Å². The third-order valence-electron chi connectivity index (χ3n) is 2.45. The molecule has 92 valence electrons. The lowest BCUT2D eigenvalue weighted by atomic mass is 10.2. The van der Waals surface area contributed by atoms with Crippen LogP contribution in [0.2, 0.25) is 0 Å². The van der Waals surface area contributed by atoms with Crippen molar-refractivity contribution in [2.75, 3.05) is 25.6 Å². The number of ether oxygens (including phenoxy) is 1. The topological polar surface area (TPSA) is 29.5 Å². The molecule has 4 heteroatoms. The summed E-state index contributed by atoms with van der Waals surface area (Å²) in [7, 11) is 3.22. The standard InChI is InChI=1S/C13H16FNO2/c1-10(13(16)17-3)8-9-15(2)12-6-4-11(14)5-7-12/h4-8H,9H2,1-3H3. The molecule has 0 aromatic heterocycles. The van der Waals surface area contributed by atoms with Crippen molar-refractivity contribution < 1.29 is 13.9 Å². The Kier molecular flexibility index (Phi) is 4.69. The van der Waals surface area contributed by atoms with Crippen LogP contribution in [0.3, 0.4) is 0 Å². The molecule has 0 aliphatic carbocycles. The molecule has 17 heavy (non-hydrogen) atoms. The fraction of sp³-hybridized carbons (Fsp3) is 0.308. The van der Waals surface area contributed by atoms with Crippen LogP contribution >= 0.6 is 0 Å². The number of anilines is 1. The predicted octanol–water partition coefficient (Wildman–Crippen LogP) is 2.38. The molecule has 3 nitrogen and oxygen atoms in total. The minimum absolute atomic E-state index is 0.261. The molecular formula is C13H16FNO2. The van der Waals surface area contributed by atoms with Gasteiger partial charge in [-0.1, -0.05) is 6.08 Å². The van der Waals surface area contributed by atoms with Gasteiger partial charge in [-0.25, -0.2) is 9.18 Å². The number of carbonyl (C=O) groups excluding carboxylic acids is 1. The zero-order valence-electron chi connectivity index (χ0n) is 10.2. The molecule has 0 radical (unpaired) electrons. The van der Waals surface area contributed by atoms with Gasteiger partial charge in [0.25, 0.3) is 0 Å². The van der Waals surface area contributed by atoms with Crippen molar-refractivity contribution in [2.45, 2.75) is 6.92 Å². The minimum Gasteiger partial charge on any atom is -0.466 e. The summed E-state index contributed by atoms with van der Waals surface area (Å²) in [4.78, 5) is 13.1. The number of halogens is 1. The van der Waals surface area contributed by atoms with Crippen LogP contribution in [0.1, 0.15) is 6.92 Å². The van der Waals surface area contributed by atoms with E-state index < -0.39 is 0 Å². The third kappa shape index (κ3) is 3.90. The van der Waals surface area contributed by atoms with E-state index in [1.54, 1.807) is 25.1 Å². The molecule has 0 bridgehead atoms. The first-order chi connectivity index (χ1) is 8.04. The Balaban J connectivity index is 2.64. The molecule has 0 atom stereocenters. The zero-order valence-corrected chi connectivity index (χ0v) is 10.2. The van der Waals surface area contributed by atoms with E-state index in [0.717, 1.165) is 5.69 Å². The van der Waals surface area contributed by atoms with Gasteiger partial charge in [-0.3, -0.25) is 0 Å². The Hall–Kier alpha value is -1.84. The smallest absolute Gasteiger partial charge is 0.333 e. The van der Waals surface area contributed by atoms with E-state index >= 15 is 0 Å². The maximum absolute atomic E-state index is 12.7. The van der Waals surface area contributed by atoms with Gasteiger partial charge in [-0.15, -0.1) is 0 Å². The maximum Gasteiger partial charge on any atom is 0.333 e. The van der Waals surface area contributed by atoms with Crippen molar-refractivity contribution >= 4 is 11.7 Å². The molecule has 0 N–H and O–H groups in total. The van der Waals surface area contributed by atoms with Crippen LogP contribution < -0.4 is 4.90 Å². The first-order valence-electron chi connectivity index (χ1n) is 5.26. The summed E-state index contributed by atoms with van der Waals surface area (Å²) in [5, 5.41) is 0. The summed E-state index contributed by atoms with van der Waals surface area (Å²) in [6.07, 6.45) is 1.77. The van der Waals surface area contributed by atoms with Gasteiger partial charge < -0.3 is 9.64 Å². The number of likely N-dealkylation sites (N-methyl/N-ethyl adjacent to an activating group) is 1. The molecule has 1 aromatic carbocycles. The fourth-order valence-corrected chi connectivity index (χ4v) is 1.32. The largest absolute Gasteiger partial charge is 0.466 e. The van der Waals surface area contributed by atoms with Gasteiger partial charge in [0, 0.05) is 24.9 Å². The average Bonchev–Trinajstić information content (AvgIpc) is 2.35. The quantitative estimate of drug-likeness (QED) is 0.595. The van der Waals surface area contributed by atoms with E-state index in [4.69, 9.17) is 0 Å². The second-order valence-electron chi connectivity index (χ2n) is 3.74. The minimum atomic E-state index is -0.336. The summed E-state index contributed by atoms with van der Waals surface area (Å²) >= 11 is 0. The van der Waals surface area contributed by atoms with Crippen LogP contribution in [0.15, 0.2) is 35.9 Å². The number of hydrogen-bond acceptors (Lipinski definition) is 3. The monoisotopic (exact) mass is 237 g/mol. The van der Waals surface area contributed by atoms with Crippen molar-refractivity contribution in [1.82, 2.24) is 0 Å². The Bertz CT molecular complexity index is 412. The number of esters is 1. The van der Waals surface area contributed by atoms with Gasteiger partial charge in [-0.2, -0.15) is 0 Å². The molecule has 0 spiro atoms. The molecule has 0 saturated carbocycles. The highest BCUT2D eigenvalue weighted by molar-refractivity contribution is 5.87. The lowest BCUT2D eigenvalue weighted by Gasteiger charge is -2.17. The fourth-order valence-electron chi connectivity index (χ4n) is 1.32. The number of methoxy groups -OCH3 is 1. The SMILES string of the molecule is COC(=O)C(C)=CCN(C)c1ccc(F)cc1. The van der Waals surface area contributed by atoms with Crippen molar-refractivity contribution in [3.05, 3.63) is 41.7 Å². The summed E-state index contributed by atoms with van der Waals surface area (Å²) in [6.45, 7) is 2.26. The molecular weight excluding hydrogens is 221 g/mol. The summed E-state index contributed by atoms with van der Waals surface area (Å²) in [5.74, 6) is -0.596. The first kappa shape index (κ1) is 13.2. The van der Waals surface area contributed by atoms with Gasteiger partial charge in [0.2, 0.25) is 0 Å². The second-order valence-corrected chi connectivity index (χ2v) is 3.74. The highest BCUT2D eigenvalue weighted by Gasteiger charge is 2.04. The van der Waals surface area contributed by atoms with Gasteiger partial charge in [-0.05, 0) is 31.2 Å². The number of rotatable bonds is 4. The molecule has 0 aliphatic heterocycles. The molecule has 0 unspecified atom stereocenters. The molecule has 0 amide bonds. The van der Waals surface area contributed by atoms with Gasteiger partial charge in [0.1, 0.15) is 5.82 Å². The van der Waals surface area contributed by atoms with Crippen molar-refractivity contribution in [2.24, 2.45) is 0 Å². The number of hydrogen-bond donors (Lipinski definition) is 0. The molecule has 1 rings (SSSR count). The molecule has 0 saturated heterocycles. The van der Waals surface area contributed by atoms with Crippen LogP contribution in [0.25, 0.3) is 0 Å². The highest BCUT2D eigenvalue weighted by atomic mass is 19.1. The highest BCUT2D eigenvalue weighted by Crippen LogP contribution is 2.13. The first-order valence-corrected chi connectivity index (χ1v) is 5.26. The lowest BCUT2D eigenvalue weighted by Crippen LogP contribution is -2.17. The van der Waals surface area contributed by atoms with E-state index in [1.807, 2.05) is 11.9 Å². The lowest BCUT2D eigenvalue weighted by molar-refractivity contribution is -0.136. The number of carbonyl (C=O) groups is 1. The van der Waals surface area contributed by atoms with E-state index in [0.29, 0.717) is 12.1 Å². The average molecular weight is 237 g/mol.